The van der Waals surface area contributed by atoms with E-state index in [0.29, 0.717) is 17.2 Å². The number of aromatic nitrogens is 5. The Kier molecular flexibility index (Phi) is 4.23. The average Bonchev–Trinajstić information content (AvgIpc) is 3.17. The van der Waals surface area contributed by atoms with Crippen molar-refractivity contribution in [2.24, 2.45) is 5.41 Å². The Hall–Kier alpha value is -3.46. The van der Waals surface area contributed by atoms with E-state index in [0.717, 1.165) is 59.7 Å². The fraction of sp³-hybridized carbons (Fsp3) is 0.391. The highest BCUT2D eigenvalue weighted by Gasteiger charge is 2.49. The predicted molar refractivity (Wildman–Crippen MR) is 123 cm³/mol. The molecule has 1 N–H and O–H groups in total. The first kappa shape index (κ1) is 19.2. The summed E-state index contributed by atoms with van der Waals surface area (Å²) in [5.74, 6) is 1.90. The molecule has 6 rings (SSSR count). The summed E-state index contributed by atoms with van der Waals surface area (Å²) in [4.78, 5) is 20.7. The van der Waals surface area contributed by atoms with Gasteiger partial charge in [-0.15, -0.1) is 0 Å². The Balaban J connectivity index is 1.31. The van der Waals surface area contributed by atoms with Crippen LogP contribution in [0.1, 0.15) is 19.9 Å². The topological polar surface area (TPSA) is 90.2 Å². The SMILES string of the molecule is COc1cc(Nc2ncc3ccc4ncn(C(C)C)c4c3n2)ncc1N1CC2(COC2)C1. The second-order valence-electron chi connectivity index (χ2n) is 9.03. The predicted octanol–water partition coefficient (Wildman–Crippen LogP) is 3.54. The van der Waals surface area contributed by atoms with Crippen molar-refractivity contribution in [3.63, 3.8) is 0 Å². The highest BCUT2D eigenvalue weighted by molar-refractivity contribution is 6.02. The smallest absolute Gasteiger partial charge is 0.228 e. The zero-order chi connectivity index (χ0) is 21.9. The number of ether oxygens (including phenoxy) is 2. The molecule has 9 nitrogen and oxygen atoms in total. The molecular weight excluding hydrogens is 406 g/mol. The van der Waals surface area contributed by atoms with Gasteiger partial charge >= 0.3 is 0 Å². The minimum atomic E-state index is 0.280. The summed E-state index contributed by atoms with van der Waals surface area (Å²) < 4.78 is 13.2. The number of imidazole rings is 1. The van der Waals surface area contributed by atoms with E-state index in [-0.39, 0.29) is 6.04 Å². The molecule has 32 heavy (non-hydrogen) atoms. The van der Waals surface area contributed by atoms with Crippen LogP contribution in [0.25, 0.3) is 21.9 Å². The molecule has 0 unspecified atom stereocenters. The van der Waals surface area contributed by atoms with E-state index in [2.05, 4.69) is 43.6 Å². The number of nitrogens with zero attached hydrogens (tertiary/aromatic N) is 6. The van der Waals surface area contributed by atoms with Crippen molar-refractivity contribution >= 4 is 39.4 Å². The van der Waals surface area contributed by atoms with Gasteiger partial charge in [0.1, 0.15) is 17.1 Å². The fourth-order valence-corrected chi connectivity index (χ4v) is 4.59. The van der Waals surface area contributed by atoms with Crippen LogP contribution in [0.4, 0.5) is 17.5 Å². The maximum atomic E-state index is 5.65. The van der Waals surface area contributed by atoms with Gasteiger partial charge in [-0.1, -0.05) is 0 Å². The Morgan fingerprint density at radius 3 is 2.69 bits per heavy atom. The monoisotopic (exact) mass is 431 g/mol. The molecule has 0 radical (unpaired) electrons. The second kappa shape index (κ2) is 7.03. The summed E-state index contributed by atoms with van der Waals surface area (Å²) >= 11 is 0. The molecule has 3 aromatic heterocycles. The summed E-state index contributed by atoms with van der Waals surface area (Å²) in [5, 5.41) is 4.21. The molecule has 164 valence electrons. The molecule has 2 fully saturated rings. The van der Waals surface area contributed by atoms with Gasteiger partial charge in [0.15, 0.2) is 0 Å². The van der Waals surface area contributed by atoms with Crippen LogP contribution in [0.15, 0.2) is 36.9 Å². The van der Waals surface area contributed by atoms with E-state index < -0.39 is 0 Å². The quantitative estimate of drug-likeness (QED) is 0.513. The number of fused-ring (bicyclic) bond motifs is 3. The van der Waals surface area contributed by atoms with Gasteiger partial charge in [-0.05, 0) is 26.0 Å². The number of anilines is 3. The number of pyridine rings is 1. The van der Waals surface area contributed by atoms with Crippen LogP contribution in [0.2, 0.25) is 0 Å². The van der Waals surface area contributed by atoms with Gasteiger partial charge in [-0.3, -0.25) is 0 Å². The molecule has 2 saturated heterocycles. The molecule has 2 aliphatic heterocycles. The minimum Gasteiger partial charge on any atom is -0.494 e. The van der Waals surface area contributed by atoms with E-state index in [1.54, 1.807) is 7.11 Å². The van der Waals surface area contributed by atoms with Crippen molar-refractivity contribution in [2.45, 2.75) is 19.9 Å². The van der Waals surface area contributed by atoms with E-state index in [9.17, 15) is 0 Å². The van der Waals surface area contributed by atoms with Crippen LogP contribution in [0.3, 0.4) is 0 Å². The van der Waals surface area contributed by atoms with Crippen LogP contribution in [-0.4, -0.2) is 57.9 Å². The minimum absolute atomic E-state index is 0.280. The molecule has 0 amide bonds. The third-order valence-electron chi connectivity index (χ3n) is 6.36. The molecule has 0 atom stereocenters. The van der Waals surface area contributed by atoms with E-state index >= 15 is 0 Å². The molecule has 0 aliphatic carbocycles. The van der Waals surface area contributed by atoms with Crippen molar-refractivity contribution in [1.82, 2.24) is 24.5 Å². The van der Waals surface area contributed by atoms with Gasteiger partial charge in [0, 0.05) is 36.8 Å². The molecule has 0 saturated carbocycles. The van der Waals surface area contributed by atoms with Crippen LogP contribution in [0, 0.1) is 5.41 Å². The molecule has 2 aliphatic rings. The maximum Gasteiger partial charge on any atom is 0.228 e. The van der Waals surface area contributed by atoms with Gasteiger partial charge in [0.2, 0.25) is 5.95 Å². The Bertz CT molecular complexity index is 1320. The average molecular weight is 432 g/mol. The van der Waals surface area contributed by atoms with Crippen LogP contribution >= 0.6 is 0 Å². The molecular formula is C23H25N7O2. The molecule has 0 bridgehead atoms. The summed E-state index contributed by atoms with van der Waals surface area (Å²) in [6.45, 7) is 7.92. The van der Waals surface area contributed by atoms with Crippen LogP contribution in [-0.2, 0) is 4.74 Å². The molecule has 5 heterocycles. The van der Waals surface area contributed by atoms with Crippen molar-refractivity contribution in [2.75, 3.05) is 43.6 Å². The van der Waals surface area contributed by atoms with Gasteiger partial charge in [-0.25, -0.2) is 19.9 Å². The van der Waals surface area contributed by atoms with Crippen molar-refractivity contribution in [3.05, 3.63) is 36.9 Å². The highest BCUT2D eigenvalue weighted by Crippen LogP contribution is 2.43. The van der Waals surface area contributed by atoms with Gasteiger partial charge in [0.05, 0.1) is 55.0 Å². The number of hydrogen-bond acceptors (Lipinski definition) is 8. The number of nitrogens with one attached hydrogen (secondary N) is 1. The molecule has 1 spiro atoms. The fourth-order valence-electron chi connectivity index (χ4n) is 4.59. The number of rotatable bonds is 5. The van der Waals surface area contributed by atoms with Gasteiger partial charge in [0.25, 0.3) is 0 Å². The normalized spacial score (nSPS) is 17.1. The lowest BCUT2D eigenvalue weighted by atomic mass is 9.78. The lowest BCUT2D eigenvalue weighted by molar-refractivity contribution is -0.127. The maximum absolute atomic E-state index is 5.65. The van der Waals surface area contributed by atoms with Gasteiger partial charge < -0.3 is 24.3 Å². The van der Waals surface area contributed by atoms with E-state index in [4.69, 9.17) is 14.5 Å². The lowest BCUT2D eigenvalue weighted by Crippen LogP contribution is -2.66. The number of hydrogen-bond donors (Lipinski definition) is 1. The summed E-state index contributed by atoms with van der Waals surface area (Å²) in [7, 11) is 1.68. The van der Waals surface area contributed by atoms with Crippen molar-refractivity contribution in [1.29, 1.82) is 0 Å². The summed E-state index contributed by atoms with van der Waals surface area (Å²) in [5.41, 5.74) is 4.12. The summed E-state index contributed by atoms with van der Waals surface area (Å²) in [6.07, 6.45) is 5.54. The first-order chi connectivity index (χ1) is 15.5. The Labute approximate surface area is 185 Å². The van der Waals surface area contributed by atoms with Crippen molar-refractivity contribution < 1.29 is 9.47 Å². The lowest BCUT2D eigenvalue weighted by Gasteiger charge is -2.55. The van der Waals surface area contributed by atoms with E-state index in [1.807, 2.05) is 36.9 Å². The molecule has 1 aromatic carbocycles. The zero-order valence-electron chi connectivity index (χ0n) is 18.4. The Morgan fingerprint density at radius 2 is 1.97 bits per heavy atom. The van der Waals surface area contributed by atoms with E-state index in [1.165, 1.54) is 0 Å². The van der Waals surface area contributed by atoms with Crippen LogP contribution in [0.5, 0.6) is 5.75 Å². The first-order valence-corrected chi connectivity index (χ1v) is 10.8. The number of methoxy groups -OCH3 is 1. The second-order valence-corrected chi connectivity index (χ2v) is 9.03. The largest absolute Gasteiger partial charge is 0.494 e. The molecule has 9 heteroatoms. The molecule has 4 aromatic rings. The third-order valence-corrected chi connectivity index (χ3v) is 6.36. The third kappa shape index (κ3) is 2.96. The number of benzene rings is 1. The Morgan fingerprint density at radius 1 is 1.12 bits per heavy atom. The summed E-state index contributed by atoms with van der Waals surface area (Å²) in [6, 6.07) is 6.18. The highest BCUT2D eigenvalue weighted by atomic mass is 16.5. The van der Waals surface area contributed by atoms with Crippen molar-refractivity contribution in [3.8, 4) is 5.75 Å². The standard InChI is InChI=1S/C23H25N7O2/c1-14(2)30-13-26-16-5-4-15-7-25-22(28-20(15)21(16)30)27-19-6-18(31-3)17(8-24-19)29-9-23(10-29)11-32-12-23/h4-8,13-14H,9-12H2,1-3H3,(H,24,25,27,28). The zero-order valence-corrected chi connectivity index (χ0v) is 18.4. The van der Waals surface area contributed by atoms with Gasteiger partial charge in [-0.2, -0.15) is 0 Å². The van der Waals surface area contributed by atoms with Crippen LogP contribution < -0.4 is 15.0 Å². The first-order valence-electron chi connectivity index (χ1n) is 10.8.